The number of hydrogen-bond donors (Lipinski definition) is 1. The van der Waals surface area contributed by atoms with E-state index in [1.807, 2.05) is 25.1 Å². The first-order valence-electron chi connectivity index (χ1n) is 4.53. The van der Waals surface area contributed by atoms with Gasteiger partial charge in [0.05, 0.1) is 5.69 Å². The minimum atomic E-state index is 0.564. The van der Waals surface area contributed by atoms with E-state index in [0.717, 1.165) is 24.6 Å². The van der Waals surface area contributed by atoms with Crippen LogP contribution >= 0.6 is 11.6 Å². The van der Waals surface area contributed by atoms with Gasteiger partial charge in [-0.25, -0.2) is 9.97 Å². The number of alkyl halides is 1. The van der Waals surface area contributed by atoms with Crippen LogP contribution in [-0.4, -0.2) is 22.4 Å². The smallest absolute Gasteiger partial charge is 0.125 e. The maximum absolute atomic E-state index is 5.48. The van der Waals surface area contributed by atoms with E-state index >= 15 is 0 Å². The first-order valence-corrected chi connectivity index (χ1v) is 5.06. The van der Waals surface area contributed by atoms with Crippen LogP contribution in [0, 0.1) is 6.92 Å². The number of allylic oxidation sites excluding steroid dienone is 1. The van der Waals surface area contributed by atoms with E-state index < -0.39 is 0 Å². The van der Waals surface area contributed by atoms with Gasteiger partial charge in [-0.15, -0.1) is 11.6 Å². The molecule has 0 spiro atoms. The summed E-state index contributed by atoms with van der Waals surface area (Å²) in [7, 11) is 0. The lowest BCUT2D eigenvalue weighted by Crippen LogP contribution is -2.14. The van der Waals surface area contributed by atoms with Crippen LogP contribution < -0.4 is 5.32 Å². The van der Waals surface area contributed by atoms with Gasteiger partial charge in [-0.05, 0) is 13.0 Å². The minimum Gasteiger partial charge on any atom is -0.308 e. The standard InChI is InChI=1S/C10H14ClN3/c1-9-13-7-4-10(14-9)8-12-6-3-2-5-11/h2-4,7,12H,5-6,8H2,1H3/b3-2+. The van der Waals surface area contributed by atoms with Gasteiger partial charge in [-0.1, -0.05) is 12.2 Å². The topological polar surface area (TPSA) is 37.8 Å². The van der Waals surface area contributed by atoms with Crippen LogP contribution in [0.15, 0.2) is 24.4 Å². The summed E-state index contributed by atoms with van der Waals surface area (Å²) in [4.78, 5) is 8.29. The average Bonchev–Trinajstić information content (AvgIpc) is 2.18. The molecule has 1 rings (SSSR count). The van der Waals surface area contributed by atoms with E-state index in [9.17, 15) is 0 Å². The van der Waals surface area contributed by atoms with Crippen molar-refractivity contribution in [3.8, 4) is 0 Å². The van der Waals surface area contributed by atoms with E-state index in [0.29, 0.717) is 5.88 Å². The Morgan fingerprint density at radius 1 is 1.50 bits per heavy atom. The lowest BCUT2D eigenvalue weighted by Gasteiger charge is -2.01. The maximum Gasteiger partial charge on any atom is 0.125 e. The Balaban J connectivity index is 2.28. The first-order chi connectivity index (χ1) is 6.83. The molecule has 0 bridgehead atoms. The van der Waals surface area contributed by atoms with Crippen LogP contribution in [0.2, 0.25) is 0 Å². The number of aryl methyl sites for hydroxylation is 1. The van der Waals surface area contributed by atoms with Crippen LogP contribution in [0.3, 0.4) is 0 Å². The van der Waals surface area contributed by atoms with Crippen molar-refractivity contribution in [1.29, 1.82) is 0 Å². The number of aromatic nitrogens is 2. The van der Waals surface area contributed by atoms with Crippen molar-refractivity contribution in [3.63, 3.8) is 0 Å². The Morgan fingerprint density at radius 3 is 3.07 bits per heavy atom. The Kier molecular flexibility index (Phi) is 5.19. The number of halogens is 1. The molecule has 0 aliphatic rings. The van der Waals surface area contributed by atoms with Gasteiger partial charge in [-0.3, -0.25) is 0 Å². The summed E-state index contributed by atoms with van der Waals surface area (Å²) < 4.78 is 0. The molecule has 0 saturated carbocycles. The summed E-state index contributed by atoms with van der Waals surface area (Å²) in [6.45, 7) is 3.46. The van der Waals surface area contributed by atoms with E-state index in [1.165, 1.54) is 0 Å². The van der Waals surface area contributed by atoms with Crippen molar-refractivity contribution in [2.24, 2.45) is 0 Å². The fourth-order valence-electron chi connectivity index (χ4n) is 1.03. The third-order valence-electron chi connectivity index (χ3n) is 1.66. The first kappa shape index (κ1) is 11.1. The number of rotatable bonds is 5. The van der Waals surface area contributed by atoms with Crippen LogP contribution in [-0.2, 0) is 6.54 Å². The van der Waals surface area contributed by atoms with Crippen molar-refractivity contribution < 1.29 is 0 Å². The molecule has 3 nitrogen and oxygen atoms in total. The zero-order chi connectivity index (χ0) is 10.2. The SMILES string of the molecule is Cc1nccc(CNC/C=C/CCl)n1. The number of hydrogen-bond acceptors (Lipinski definition) is 3. The van der Waals surface area contributed by atoms with Gasteiger partial charge < -0.3 is 5.32 Å². The van der Waals surface area contributed by atoms with Crippen molar-refractivity contribution >= 4 is 11.6 Å². The molecule has 0 radical (unpaired) electrons. The molecule has 0 amide bonds. The van der Waals surface area contributed by atoms with Gasteiger partial charge in [0, 0.05) is 25.2 Å². The highest BCUT2D eigenvalue weighted by Crippen LogP contribution is 1.93. The Hall–Kier alpha value is -0.930. The average molecular weight is 212 g/mol. The lowest BCUT2D eigenvalue weighted by atomic mass is 10.4. The fourth-order valence-corrected chi connectivity index (χ4v) is 1.16. The van der Waals surface area contributed by atoms with Crippen LogP contribution in [0.4, 0.5) is 0 Å². The van der Waals surface area contributed by atoms with Crippen LogP contribution in [0.25, 0.3) is 0 Å². The minimum absolute atomic E-state index is 0.564. The van der Waals surface area contributed by atoms with Gasteiger partial charge in [0.15, 0.2) is 0 Å². The highest BCUT2D eigenvalue weighted by molar-refractivity contribution is 6.18. The van der Waals surface area contributed by atoms with Crippen LogP contribution in [0.5, 0.6) is 0 Å². The lowest BCUT2D eigenvalue weighted by molar-refractivity contribution is 0.732. The second-order valence-electron chi connectivity index (χ2n) is 2.85. The molecule has 1 aromatic rings. The van der Waals surface area contributed by atoms with Gasteiger partial charge in [0.1, 0.15) is 5.82 Å². The molecular formula is C10H14ClN3. The molecule has 76 valence electrons. The summed E-state index contributed by atoms with van der Waals surface area (Å²) in [6.07, 6.45) is 5.69. The third kappa shape index (κ3) is 4.35. The predicted octanol–water partition coefficient (Wildman–Crippen LogP) is 1.67. The van der Waals surface area contributed by atoms with E-state index in [4.69, 9.17) is 11.6 Å². The number of nitrogens with one attached hydrogen (secondary N) is 1. The Morgan fingerprint density at radius 2 is 2.36 bits per heavy atom. The van der Waals surface area contributed by atoms with Crippen molar-refractivity contribution in [1.82, 2.24) is 15.3 Å². The van der Waals surface area contributed by atoms with Gasteiger partial charge in [-0.2, -0.15) is 0 Å². The molecule has 1 N–H and O–H groups in total. The fraction of sp³-hybridized carbons (Fsp3) is 0.400. The quantitative estimate of drug-likeness (QED) is 0.458. The third-order valence-corrected chi connectivity index (χ3v) is 1.84. The summed E-state index contributed by atoms with van der Waals surface area (Å²) in [5.41, 5.74) is 1.01. The molecule has 0 aromatic carbocycles. The summed E-state index contributed by atoms with van der Waals surface area (Å²) in [5, 5.41) is 3.23. The molecule has 1 heterocycles. The zero-order valence-corrected chi connectivity index (χ0v) is 8.96. The van der Waals surface area contributed by atoms with E-state index in [1.54, 1.807) is 6.20 Å². The molecule has 0 unspecified atom stereocenters. The molecule has 0 atom stereocenters. The molecule has 4 heteroatoms. The van der Waals surface area contributed by atoms with Gasteiger partial charge in [0.25, 0.3) is 0 Å². The largest absolute Gasteiger partial charge is 0.308 e. The normalized spacial score (nSPS) is 11.0. The zero-order valence-electron chi connectivity index (χ0n) is 8.20. The van der Waals surface area contributed by atoms with Gasteiger partial charge >= 0.3 is 0 Å². The second kappa shape index (κ2) is 6.51. The van der Waals surface area contributed by atoms with E-state index in [-0.39, 0.29) is 0 Å². The van der Waals surface area contributed by atoms with Crippen molar-refractivity contribution in [3.05, 3.63) is 35.9 Å². The molecule has 0 saturated heterocycles. The highest BCUT2D eigenvalue weighted by Gasteiger charge is 1.93. The second-order valence-corrected chi connectivity index (χ2v) is 3.16. The molecule has 1 aromatic heterocycles. The predicted molar refractivity (Wildman–Crippen MR) is 58.3 cm³/mol. The van der Waals surface area contributed by atoms with Gasteiger partial charge in [0.2, 0.25) is 0 Å². The molecule has 0 aliphatic carbocycles. The number of nitrogens with zero attached hydrogens (tertiary/aromatic N) is 2. The highest BCUT2D eigenvalue weighted by atomic mass is 35.5. The van der Waals surface area contributed by atoms with Crippen molar-refractivity contribution in [2.45, 2.75) is 13.5 Å². The van der Waals surface area contributed by atoms with Crippen LogP contribution in [0.1, 0.15) is 11.5 Å². The molecular weight excluding hydrogens is 198 g/mol. The molecule has 0 aliphatic heterocycles. The maximum atomic E-state index is 5.48. The summed E-state index contributed by atoms with van der Waals surface area (Å²) >= 11 is 5.48. The summed E-state index contributed by atoms with van der Waals surface area (Å²) in [5.74, 6) is 1.37. The Bertz CT molecular complexity index is 299. The van der Waals surface area contributed by atoms with E-state index in [2.05, 4.69) is 15.3 Å². The monoisotopic (exact) mass is 211 g/mol. The summed E-state index contributed by atoms with van der Waals surface area (Å²) in [6, 6.07) is 1.91. The molecule has 0 fully saturated rings. The molecule has 14 heavy (non-hydrogen) atoms. The Labute approximate surface area is 89.2 Å². The van der Waals surface area contributed by atoms with Crippen molar-refractivity contribution in [2.75, 3.05) is 12.4 Å².